The van der Waals surface area contributed by atoms with E-state index >= 15 is 0 Å². The van der Waals surface area contributed by atoms with Gasteiger partial charge in [-0.15, -0.1) is 24.0 Å². The van der Waals surface area contributed by atoms with E-state index < -0.39 is 0 Å². The van der Waals surface area contributed by atoms with Gasteiger partial charge in [-0.25, -0.2) is 0 Å². The minimum atomic E-state index is 0. The van der Waals surface area contributed by atoms with Crippen LogP contribution >= 0.6 is 35.6 Å². The van der Waals surface area contributed by atoms with Crippen LogP contribution in [0.3, 0.4) is 0 Å². The number of amides is 1. The molecule has 0 aromatic heterocycles. The highest BCUT2D eigenvalue weighted by Crippen LogP contribution is 2.20. The molecule has 2 saturated heterocycles. The molecule has 2 aliphatic heterocycles. The smallest absolute Gasteiger partial charge is 0.239 e. The summed E-state index contributed by atoms with van der Waals surface area (Å²) in [6.45, 7) is 6.15. The van der Waals surface area contributed by atoms with Gasteiger partial charge in [0.05, 0.1) is 6.04 Å². The second kappa shape index (κ2) is 12.0. The molecule has 0 aliphatic carbocycles. The Kier molecular flexibility index (Phi) is 9.96. The number of nitrogens with two attached hydrogens (primary N) is 1. The van der Waals surface area contributed by atoms with Crippen LogP contribution in [0, 0.1) is 0 Å². The molecular weight excluding hydrogens is 515 g/mol. The van der Waals surface area contributed by atoms with E-state index in [-0.39, 0.29) is 35.9 Å². The van der Waals surface area contributed by atoms with Gasteiger partial charge in [0.15, 0.2) is 5.96 Å². The highest BCUT2D eigenvalue weighted by atomic mass is 127. The third-order valence-corrected chi connectivity index (χ3v) is 6.01. The standard InChI is InChI=1S/C21H33ClN6O.HI/c1-25(2)20(29)19-5-3-11-27(19)12-4-10-24-21(23)28-15-13-26(14-16-28)18-8-6-17(22)7-9-18;/h6-9,19H,3-5,10-16H2,1-2H3,(H2,23,24);1H. The van der Waals surface area contributed by atoms with Crippen molar-refractivity contribution in [1.29, 1.82) is 0 Å². The van der Waals surface area contributed by atoms with E-state index in [0.717, 1.165) is 63.6 Å². The lowest BCUT2D eigenvalue weighted by molar-refractivity contribution is -0.133. The first-order valence-electron chi connectivity index (χ1n) is 10.5. The van der Waals surface area contributed by atoms with E-state index in [4.69, 9.17) is 17.3 Å². The first kappa shape index (κ1) is 25.0. The maximum absolute atomic E-state index is 12.3. The average Bonchev–Trinajstić information content (AvgIpc) is 3.19. The molecule has 0 spiro atoms. The van der Waals surface area contributed by atoms with Gasteiger partial charge in [0, 0.05) is 64.1 Å². The highest BCUT2D eigenvalue weighted by molar-refractivity contribution is 14.0. The van der Waals surface area contributed by atoms with Gasteiger partial charge in [-0.2, -0.15) is 0 Å². The molecule has 0 bridgehead atoms. The van der Waals surface area contributed by atoms with Gasteiger partial charge in [-0.3, -0.25) is 14.7 Å². The Bertz CT molecular complexity index is 706. The van der Waals surface area contributed by atoms with Crippen molar-refractivity contribution in [3.8, 4) is 0 Å². The van der Waals surface area contributed by atoms with Crippen LogP contribution in [0.15, 0.2) is 29.3 Å². The zero-order chi connectivity index (χ0) is 20.8. The van der Waals surface area contributed by atoms with Gasteiger partial charge >= 0.3 is 0 Å². The molecule has 1 aromatic rings. The second-order valence-corrected chi connectivity index (χ2v) is 8.41. The summed E-state index contributed by atoms with van der Waals surface area (Å²) in [4.78, 5) is 25.3. The molecule has 9 heteroatoms. The predicted molar refractivity (Wildman–Crippen MR) is 135 cm³/mol. The Hall–Kier alpha value is -1.26. The third-order valence-electron chi connectivity index (χ3n) is 5.76. The van der Waals surface area contributed by atoms with Gasteiger partial charge in [0.25, 0.3) is 0 Å². The molecule has 0 radical (unpaired) electrons. The number of likely N-dealkylation sites (N-methyl/N-ethyl adjacent to an activating group) is 1. The number of anilines is 1. The van der Waals surface area contributed by atoms with E-state index in [0.29, 0.717) is 12.5 Å². The van der Waals surface area contributed by atoms with Crippen LogP contribution in [0.5, 0.6) is 0 Å². The molecule has 2 aliphatic rings. The molecule has 1 atom stereocenters. The van der Waals surface area contributed by atoms with E-state index in [2.05, 4.69) is 31.8 Å². The summed E-state index contributed by atoms with van der Waals surface area (Å²) >= 11 is 5.97. The summed E-state index contributed by atoms with van der Waals surface area (Å²) in [6.07, 6.45) is 2.97. The Morgan fingerprint density at radius 3 is 2.47 bits per heavy atom. The fourth-order valence-electron chi connectivity index (χ4n) is 4.08. The van der Waals surface area contributed by atoms with Crippen molar-refractivity contribution < 1.29 is 4.79 Å². The molecule has 1 aromatic carbocycles. The number of guanidine groups is 1. The van der Waals surface area contributed by atoms with Crippen LogP contribution in [0.2, 0.25) is 5.02 Å². The molecule has 168 valence electrons. The lowest BCUT2D eigenvalue weighted by atomic mass is 10.2. The van der Waals surface area contributed by atoms with E-state index in [9.17, 15) is 4.79 Å². The monoisotopic (exact) mass is 548 g/mol. The number of nitrogens with zero attached hydrogens (tertiary/aromatic N) is 5. The largest absolute Gasteiger partial charge is 0.370 e. The molecule has 2 fully saturated rings. The molecule has 1 unspecified atom stereocenters. The van der Waals surface area contributed by atoms with Crippen molar-refractivity contribution in [2.24, 2.45) is 10.7 Å². The average molecular weight is 549 g/mol. The maximum Gasteiger partial charge on any atom is 0.239 e. The molecule has 2 heterocycles. The van der Waals surface area contributed by atoms with Crippen molar-refractivity contribution >= 4 is 53.1 Å². The summed E-state index contributed by atoms with van der Waals surface area (Å²) < 4.78 is 0. The number of halogens is 2. The van der Waals surface area contributed by atoms with Gasteiger partial charge in [-0.1, -0.05) is 11.6 Å². The number of piperazine rings is 1. The molecule has 30 heavy (non-hydrogen) atoms. The molecule has 3 rings (SSSR count). The van der Waals surface area contributed by atoms with E-state index in [1.54, 1.807) is 4.90 Å². The number of carbonyl (C=O) groups excluding carboxylic acids is 1. The van der Waals surface area contributed by atoms with E-state index in [1.165, 1.54) is 5.69 Å². The lowest BCUT2D eigenvalue weighted by Gasteiger charge is -2.36. The van der Waals surface area contributed by atoms with Crippen LogP contribution in [0.4, 0.5) is 5.69 Å². The van der Waals surface area contributed by atoms with Crippen molar-refractivity contribution in [2.75, 3.05) is 64.8 Å². The fourth-order valence-corrected chi connectivity index (χ4v) is 4.21. The Labute approximate surface area is 202 Å². The van der Waals surface area contributed by atoms with Crippen LogP contribution in [0.25, 0.3) is 0 Å². The second-order valence-electron chi connectivity index (χ2n) is 7.97. The minimum absolute atomic E-state index is 0. The Balaban J connectivity index is 0.00000320. The third kappa shape index (κ3) is 6.62. The number of hydrogen-bond donors (Lipinski definition) is 1. The summed E-state index contributed by atoms with van der Waals surface area (Å²) in [7, 11) is 3.66. The van der Waals surface area contributed by atoms with Crippen molar-refractivity contribution in [3.63, 3.8) is 0 Å². The Morgan fingerprint density at radius 1 is 1.17 bits per heavy atom. The predicted octanol–water partition coefficient (Wildman–Crippen LogP) is 2.34. The minimum Gasteiger partial charge on any atom is -0.370 e. The quantitative estimate of drug-likeness (QED) is 0.256. The zero-order valence-electron chi connectivity index (χ0n) is 18.0. The molecule has 1 amide bonds. The molecule has 0 saturated carbocycles. The number of benzene rings is 1. The van der Waals surface area contributed by atoms with Crippen LogP contribution in [-0.2, 0) is 4.79 Å². The zero-order valence-corrected chi connectivity index (χ0v) is 21.1. The van der Waals surface area contributed by atoms with Crippen LogP contribution < -0.4 is 10.6 Å². The van der Waals surface area contributed by atoms with Gasteiger partial charge in [0.2, 0.25) is 5.91 Å². The van der Waals surface area contributed by atoms with Crippen molar-refractivity contribution in [2.45, 2.75) is 25.3 Å². The number of aliphatic imine (C=N–C) groups is 1. The summed E-state index contributed by atoms with van der Waals surface area (Å²) in [5.74, 6) is 0.840. The van der Waals surface area contributed by atoms with Crippen LogP contribution in [0.1, 0.15) is 19.3 Å². The van der Waals surface area contributed by atoms with Gasteiger partial charge < -0.3 is 20.4 Å². The number of hydrogen-bond acceptors (Lipinski definition) is 4. The fraction of sp³-hybridized carbons (Fsp3) is 0.619. The van der Waals surface area contributed by atoms with Gasteiger partial charge in [-0.05, 0) is 50.1 Å². The summed E-state index contributed by atoms with van der Waals surface area (Å²) in [5.41, 5.74) is 7.42. The summed E-state index contributed by atoms with van der Waals surface area (Å²) in [6, 6.07) is 8.00. The van der Waals surface area contributed by atoms with Crippen molar-refractivity contribution in [1.82, 2.24) is 14.7 Å². The molecule has 7 nitrogen and oxygen atoms in total. The SMILES string of the molecule is CN(C)C(=O)C1CCCN1CCCN=C(N)N1CCN(c2ccc(Cl)cc2)CC1.I. The normalized spacial score (nSPS) is 20.2. The highest BCUT2D eigenvalue weighted by Gasteiger charge is 2.31. The first-order valence-corrected chi connectivity index (χ1v) is 10.8. The number of carbonyl (C=O) groups is 1. The van der Waals surface area contributed by atoms with Gasteiger partial charge in [0.1, 0.15) is 0 Å². The number of likely N-dealkylation sites (tertiary alicyclic amines) is 1. The number of rotatable bonds is 6. The molecular formula is C21H34ClIN6O. The maximum atomic E-state index is 12.3. The lowest BCUT2D eigenvalue weighted by Crippen LogP contribution is -2.51. The summed E-state index contributed by atoms with van der Waals surface area (Å²) in [5, 5.41) is 0.759. The Morgan fingerprint density at radius 2 is 1.83 bits per heavy atom. The van der Waals surface area contributed by atoms with Crippen molar-refractivity contribution in [3.05, 3.63) is 29.3 Å². The topological polar surface area (TPSA) is 68.4 Å². The van der Waals surface area contributed by atoms with E-state index in [1.807, 2.05) is 26.2 Å². The molecule has 2 N–H and O–H groups in total. The first-order chi connectivity index (χ1) is 14.0. The van der Waals surface area contributed by atoms with Crippen LogP contribution in [-0.4, -0.2) is 92.5 Å².